The van der Waals surface area contributed by atoms with E-state index in [1.807, 2.05) is 0 Å². The monoisotopic (exact) mass is 275 g/mol. The average Bonchev–Trinajstić information content (AvgIpc) is 2.26. The summed E-state index contributed by atoms with van der Waals surface area (Å²) in [6.45, 7) is 6.91. The molecule has 0 fully saturated rings. The van der Waals surface area contributed by atoms with E-state index in [0.717, 1.165) is 25.1 Å². The van der Waals surface area contributed by atoms with Gasteiger partial charge in [0.15, 0.2) is 11.6 Å². The van der Waals surface area contributed by atoms with E-state index < -0.39 is 22.4 Å². The van der Waals surface area contributed by atoms with Gasteiger partial charge >= 0.3 is 0 Å². The zero-order valence-corrected chi connectivity index (χ0v) is 11.7. The van der Waals surface area contributed by atoms with Gasteiger partial charge in [-0.15, -0.1) is 0 Å². The maximum Gasteiger partial charge on any atom is 0.160 e. The molecule has 0 heterocycles. The van der Waals surface area contributed by atoms with Crippen LogP contribution in [-0.4, -0.2) is 22.0 Å². The van der Waals surface area contributed by atoms with Crippen molar-refractivity contribution >= 4 is 10.8 Å². The summed E-state index contributed by atoms with van der Waals surface area (Å²) in [5, 5.41) is 3.28. The predicted octanol–water partition coefficient (Wildman–Crippen LogP) is 2.85. The second-order valence-corrected chi connectivity index (χ2v) is 6.73. The first-order valence-corrected chi connectivity index (χ1v) is 7.20. The molecule has 2 nitrogen and oxygen atoms in total. The number of hydrogen-bond donors (Lipinski definition) is 1. The lowest BCUT2D eigenvalue weighted by Gasteiger charge is -2.20. The summed E-state index contributed by atoms with van der Waals surface area (Å²) in [4.78, 5) is 0.338. The van der Waals surface area contributed by atoms with Crippen LogP contribution in [0.15, 0.2) is 23.1 Å². The van der Waals surface area contributed by atoms with Crippen molar-refractivity contribution in [2.75, 3.05) is 12.3 Å². The summed E-state index contributed by atoms with van der Waals surface area (Å²) in [5.74, 6) is -1.42. The SMILES string of the molecule is CC(C)(C)NCCCS(=O)c1ccc(F)c(F)c1. The highest BCUT2D eigenvalue weighted by atomic mass is 32.2. The minimum absolute atomic E-state index is 0.0312. The predicted molar refractivity (Wildman–Crippen MR) is 70.0 cm³/mol. The normalized spacial score (nSPS) is 13.6. The van der Waals surface area contributed by atoms with Crippen molar-refractivity contribution in [3.8, 4) is 0 Å². The van der Waals surface area contributed by atoms with Crippen molar-refractivity contribution in [2.24, 2.45) is 0 Å². The lowest BCUT2D eigenvalue weighted by Crippen LogP contribution is -2.36. The Morgan fingerprint density at radius 2 is 1.89 bits per heavy atom. The highest BCUT2D eigenvalue weighted by Crippen LogP contribution is 2.13. The van der Waals surface area contributed by atoms with Gasteiger partial charge in [-0.3, -0.25) is 4.21 Å². The Morgan fingerprint density at radius 3 is 2.44 bits per heavy atom. The van der Waals surface area contributed by atoms with E-state index in [1.165, 1.54) is 6.07 Å². The van der Waals surface area contributed by atoms with Crippen LogP contribution in [0.4, 0.5) is 8.78 Å². The number of rotatable bonds is 5. The number of halogens is 2. The Balaban J connectivity index is 2.43. The molecule has 5 heteroatoms. The third kappa shape index (κ3) is 5.23. The molecule has 1 aromatic carbocycles. The van der Waals surface area contributed by atoms with E-state index in [4.69, 9.17) is 0 Å². The van der Waals surface area contributed by atoms with Gasteiger partial charge in [0.25, 0.3) is 0 Å². The molecule has 1 aromatic rings. The molecule has 0 spiro atoms. The van der Waals surface area contributed by atoms with Crippen LogP contribution in [0.2, 0.25) is 0 Å². The van der Waals surface area contributed by atoms with E-state index in [1.54, 1.807) is 0 Å². The molecule has 102 valence electrons. The smallest absolute Gasteiger partial charge is 0.160 e. The largest absolute Gasteiger partial charge is 0.312 e. The van der Waals surface area contributed by atoms with E-state index in [0.29, 0.717) is 10.6 Å². The topological polar surface area (TPSA) is 29.1 Å². The third-order valence-electron chi connectivity index (χ3n) is 2.32. The first-order chi connectivity index (χ1) is 8.29. The molecular weight excluding hydrogens is 256 g/mol. The Labute approximate surface area is 109 Å². The van der Waals surface area contributed by atoms with Crippen LogP contribution >= 0.6 is 0 Å². The number of benzene rings is 1. The first kappa shape index (κ1) is 15.2. The van der Waals surface area contributed by atoms with Crippen LogP contribution in [0, 0.1) is 11.6 Å². The molecule has 0 aliphatic rings. The van der Waals surface area contributed by atoms with E-state index >= 15 is 0 Å². The number of hydrogen-bond acceptors (Lipinski definition) is 2. The minimum Gasteiger partial charge on any atom is -0.312 e. The molecule has 1 unspecified atom stereocenters. The summed E-state index contributed by atoms with van der Waals surface area (Å²) in [6, 6.07) is 3.38. The highest BCUT2D eigenvalue weighted by molar-refractivity contribution is 7.85. The summed E-state index contributed by atoms with van der Waals surface area (Å²) >= 11 is 0. The van der Waals surface area contributed by atoms with Crippen LogP contribution < -0.4 is 5.32 Å². The van der Waals surface area contributed by atoms with Gasteiger partial charge in [-0.2, -0.15) is 0 Å². The molecule has 0 saturated heterocycles. The molecule has 1 N–H and O–H groups in total. The standard InChI is InChI=1S/C13H19F2NOS/c1-13(2,3)16-7-4-8-18(17)10-5-6-11(14)12(15)9-10/h5-6,9,16H,4,7-8H2,1-3H3. The van der Waals surface area contributed by atoms with Crippen LogP contribution in [0.3, 0.4) is 0 Å². The molecule has 0 saturated carbocycles. The van der Waals surface area contributed by atoms with Gasteiger partial charge in [0.1, 0.15) is 0 Å². The third-order valence-corrected chi connectivity index (χ3v) is 3.75. The summed E-state index contributed by atoms with van der Waals surface area (Å²) in [6.07, 6.45) is 0.725. The van der Waals surface area contributed by atoms with Crippen molar-refractivity contribution in [3.63, 3.8) is 0 Å². The second kappa shape index (κ2) is 6.38. The average molecular weight is 275 g/mol. The van der Waals surface area contributed by atoms with Gasteiger partial charge in [0, 0.05) is 16.2 Å². The molecule has 0 aliphatic heterocycles. The fourth-order valence-corrected chi connectivity index (χ4v) is 2.50. The molecule has 1 rings (SSSR count). The van der Waals surface area contributed by atoms with Crippen LogP contribution in [0.1, 0.15) is 27.2 Å². The molecular formula is C13H19F2NOS. The van der Waals surface area contributed by atoms with E-state index in [-0.39, 0.29) is 5.54 Å². The molecule has 0 aliphatic carbocycles. The highest BCUT2D eigenvalue weighted by Gasteiger charge is 2.10. The van der Waals surface area contributed by atoms with Crippen molar-refractivity contribution in [1.29, 1.82) is 0 Å². The molecule has 18 heavy (non-hydrogen) atoms. The van der Waals surface area contributed by atoms with Crippen molar-refractivity contribution in [1.82, 2.24) is 5.32 Å². The summed E-state index contributed by atoms with van der Waals surface area (Å²) < 4.78 is 37.5. The maximum atomic E-state index is 13.0. The fraction of sp³-hybridized carbons (Fsp3) is 0.538. The van der Waals surface area contributed by atoms with Crippen LogP contribution in [-0.2, 0) is 10.8 Å². The Bertz CT molecular complexity index is 429. The lowest BCUT2D eigenvalue weighted by molar-refractivity contribution is 0.427. The number of nitrogens with one attached hydrogen (secondary N) is 1. The van der Waals surface area contributed by atoms with Gasteiger partial charge in [-0.25, -0.2) is 8.78 Å². The quantitative estimate of drug-likeness (QED) is 0.837. The molecule has 0 amide bonds. The molecule has 0 aromatic heterocycles. The van der Waals surface area contributed by atoms with Crippen molar-refractivity contribution in [3.05, 3.63) is 29.8 Å². The van der Waals surface area contributed by atoms with Gasteiger partial charge in [0.2, 0.25) is 0 Å². The van der Waals surface area contributed by atoms with Crippen molar-refractivity contribution < 1.29 is 13.0 Å². The Kier molecular flexibility index (Phi) is 5.41. The van der Waals surface area contributed by atoms with E-state index in [9.17, 15) is 13.0 Å². The van der Waals surface area contributed by atoms with E-state index in [2.05, 4.69) is 26.1 Å². The summed E-state index contributed by atoms with van der Waals surface area (Å²) in [7, 11) is -1.28. The van der Waals surface area contributed by atoms with Crippen LogP contribution in [0.5, 0.6) is 0 Å². The molecule has 0 radical (unpaired) electrons. The zero-order chi connectivity index (χ0) is 13.8. The van der Waals surface area contributed by atoms with Crippen molar-refractivity contribution in [2.45, 2.75) is 37.6 Å². The Hall–Kier alpha value is -0.810. The van der Waals surface area contributed by atoms with Gasteiger partial charge < -0.3 is 5.32 Å². The lowest BCUT2D eigenvalue weighted by atomic mass is 10.1. The minimum atomic E-state index is -1.28. The van der Waals surface area contributed by atoms with Gasteiger partial charge in [0.05, 0.1) is 10.8 Å². The van der Waals surface area contributed by atoms with Gasteiger partial charge in [-0.1, -0.05) is 0 Å². The first-order valence-electron chi connectivity index (χ1n) is 5.88. The second-order valence-electron chi connectivity index (χ2n) is 5.16. The van der Waals surface area contributed by atoms with Crippen LogP contribution in [0.25, 0.3) is 0 Å². The van der Waals surface area contributed by atoms with Gasteiger partial charge in [-0.05, 0) is 51.9 Å². The fourth-order valence-electron chi connectivity index (χ4n) is 1.40. The molecule has 0 bridgehead atoms. The summed E-state index contributed by atoms with van der Waals surface area (Å²) in [5.41, 5.74) is 0.0312. The zero-order valence-electron chi connectivity index (χ0n) is 10.9. The molecule has 1 atom stereocenters. The Morgan fingerprint density at radius 1 is 1.22 bits per heavy atom. The maximum absolute atomic E-state index is 13.0.